The molecule has 0 saturated carbocycles. The molecule has 5 nitrogen and oxygen atoms in total. The Bertz CT molecular complexity index is 1230. The quantitative estimate of drug-likeness (QED) is 0.507. The average Bonchev–Trinajstić information content (AvgIpc) is 2.74. The number of aryl methyl sites for hydroxylation is 2. The van der Waals surface area contributed by atoms with E-state index >= 15 is 0 Å². The summed E-state index contributed by atoms with van der Waals surface area (Å²) in [4.78, 5) is 13.1. The van der Waals surface area contributed by atoms with Gasteiger partial charge >= 0.3 is 0 Å². The Kier molecular flexibility index (Phi) is 7.26. The third-order valence-electron chi connectivity index (χ3n) is 5.40. The predicted molar refractivity (Wildman–Crippen MR) is 130 cm³/mol. The fourth-order valence-corrected chi connectivity index (χ4v) is 5.36. The molecule has 1 atom stereocenters. The molecule has 0 heterocycles. The molecule has 7 heteroatoms. The second kappa shape index (κ2) is 9.76. The van der Waals surface area contributed by atoms with Gasteiger partial charge in [-0.1, -0.05) is 59.6 Å². The van der Waals surface area contributed by atoms with Crippen molar-refractivity contribution in [3.05, 3.63) is 94.0 Å². The molecule has 0 spiro atoms. The van der Waals surface area contributed by atoms with Crippen molar-refractivity contribution in [3.63, 3.8) is 0 Å². The Balaban J connectivity index is 1.94. The lowest BCUT2D eigenvalue weighted by atomic mass is 10.0. The van der Waals surface area contributed by atoms with Crippen LogP contribution >= 0.6 is 11.6 Å². The molecule has 0 radical (unpaired) electrons. The van der Waals surface area contributed by atoms with E-state index in [0.29, 0.717) is 16.3 Å². The number of amides is 1. The second-order valence-electron chi connectivity index (χ2n) is 7.86. The number of carbonyl (C=O) groups excluding carboxylic acids is 1. The Morgan fingerprint density at radius 1 is 1.00 bits per heavy atom. The highest BCUT2D eigenvalue weighted by Gasteiger charge is 2.29. The first-order chi connectivity index (χ1) is 15.1. The largest absolute Gasteiger partial charge is 0.348 e. The number of halogens is 1. The van der Waals surface area contributed by atoms with Gasteiger partial charge in [0.2, 0.25) is 5.91 Å². The summed E-state index contributed by atoms with van der Waals surface area (Å²) in [7, 11) is -3.99. The van der Waals surface area contributed by atoms with E-state index in [1.54, 1.807) is 43.3 Å². The van der Waals surface area contributed by atoms with Crippen molar-refractivity contribution in [1.29, 1.82) is 0 Å². The topological polar surface area (TPSA) is 66.5 Å². The SMILES string of the molecule is Cc1ccc([C@@H](C)NC(=O)CN(c2cccc(Cl)c2C)S(=O)(=O)c2ccccc2)c(C)c1. The first kappa shape index (κ1) is 23.8. The van der Waals surface area contributed by atoms with Crippen molar-refractivity contribution in [3.8, 4) is 0 Å². The van der Waals surface area contributed by atoms with Crippen LogP contribution in [0.15, 0.2) is 71.6 Å². The van der Waals surface area contributed by atoms with Crippen molar-refractivity contribution < 1.29 is 13.2 Å². The summed E-state index contributed by atoms with van der Waals surface area (Å²) < 4.78 is 28.1. The molecule has 0 aliphatic rings. The number of carbonyl (C=O) groups is 1. The van der Waals surface area contributed by atoms with E-state index in [4.69, 9.17) is 11.6 Å². The molecule has 0 aliphatic carbocycles. The molecule has 0 aromatic heterocycles. The lowest BCUT2D eigenvalue weighted by Crippen LogP contribution is -2.42. The van der Waals surface area contributed by atoms with Gasteiger partial charge in [0.1, 0.15) is 6.54 Å². The molecular weight excluding hydrogens is 444 g/mol. The summed E-state index contributed by atoms with van der Waals surface area (Å²) in [5.41, 5.74) is 4.15. The minimum atomic E-state index is -3.99. The number of nitrogens with one attached hydrogen (secondary N) is 1. The zero-order chi connectivity index (χ0) is 23.5. The van der Waals surface area contributed by atoms with Crippen LogP contribution in [0.2, 0.25) is 5.02 Å². The van der Waals surface area contributed by atoms with Crippen molar-refractivity contribution in [2.24, 2.45) is 0 Å². The smallest absolute Gasteiger partial charge is 0.264 e. The van der Waals surface area contributed by atoms with Gasteiger partial charge in [-0.3, -0.25) is 9.10 Å². The molecule has 0 saturated heterocycles. The summed E-state index contributed by atoms with van der Waals surface area (Å²) in [5.74, 6) is -0.406. The predicted octanol–water partition coefficient (Wildman–Crippen LogP) is 5.34. The van der Waals surface area contributed by atoms with E-state index in [1.165, 1.54) is 12.1 Å². The summed E-state index contributed by atoms with van der Waals surface area (Å²) in [6.07, 6.45) is 0. The Hall–Kier alpha value is -2.83. The highest BCUT2D eigenvalue weighted by atomic mass is 35.5. The number of hydrogen-bond donors (Lipinski definition) is 1. The minimum Gasteiger partial charge on any atom is -0.348 e. The van der Waals surface area contributed by atoms with Gasteiger partial charge < -0.3 is 5.32 Å². The van der Waals surface area contributed by atoms with E-state index in [-0.39, 0.29) is 17.5 Å². The highest BCUT2D eigenvalue weighted by molar-refractivity contribution is 7.92. The Labute approximate surface area is 195 Å². The van der Waals surface area contributed by atoms with Crippen LogP contribution in [-0.4, -0.2) is 20.9 Å². The zero-order valence-corrected chi connectivity index (χ0v) is 20.2. The number of nitrogens with zero attached hydrogens (tertiary/aromatic N) is 1. The lowest BCUT2D eigenvalue weighted by Gasteiger charge is -2.27. The van der Waals surface area contributed by atoms with Crippen LogP contribution in [0, 0.1) is 20.8 Å². The van der Waals surface area contributed by atoms with Crippen molar-refractivity contribution >= 4 is 33.2 Å². The van der Waals surface area contributed by atoms with Crippen molar-refractivity contribution in [1.82, 2.24) is 5.32 Å². The monoisotopic (exact) mass is 470 g/mol. The van der Waals surface area contributed by atoms with E-state index in [0.717, 1.165) is 21.0 Å². The Morgan fingerprint density at radius 3 is 2.34 bits per heavy atom. The van der Waals surface area contributed by atoms with E-state index in [2.05, 4.69) is 11.4 Å². The molecule has 3 rings (SSSR count). The molecule has 32 heavy (non-hydrogen) atoms. The van der Waals surface area contributed by atoms with Crippen LogP contribution < -0.4 is 9.62 Å². The van der Waals surface area contributed by atoms with Crippen LogP contribution in [0.3, 0.4) is 0 Å². The van der Waals surface area contributed by atoms with Gasteiger partial charge in [0, 0.05) is 5.02 Å². The maximum Gasteiger partial charge on any atom is 0.264 e. The molecule has 1 amide bonds. The molecule has 0 unspecified atom stereocenters. The van der Waals surface area contributed by atoms with Gasteiger partial charge in [0.15, 0.2) is 0 Å². The maximum atomic E-state index is 13.5. The lowest BCUT2D eigenvalue weighted by molar-refractivity contribution is -0.120. The average molecular weight is 471 g/mol. The molecule has 168 valence electrons. The number of hydrogen-bond acceptors (Lipinski definition) is 3. The van der Waals surface area contributed by atoms with Gasteiger partial charge in [0.05, 0.1) is 16.6 Å². The summed E-state index contributed by atoms with van der Waals surface area (Å²) in [6.45, 7) is 7.26. The molecule has 0 aliphatic heterocycles. The standard InChI is InChI=1S/C25H27ClN2O3S/c1-17-13-14-22(18(2)15-17)20(4)27-25(29)16-28(24-12-8-11-23(26)19(24)3)32(30,31)21-9-6-5-7-10-21/h5-15,20H,16H2,1-4H3,(H,27,29)/t20-/m1/s1. The van der Waals surface area contributed by atoms with Gasteiger partial charge in [-0.2, -0.15) is 0 Å². The van der Waals surface area contributed by atoms with Crippen molar-refractivity contribution in [2.75, 3.05) is 10.8 Å². The van der Waals surface area contributed by atoms with Crippen LogP contribution in [0.4, 0.5) is 5.69 Å². The second-order valence-corrected chi connectivity index (χ2v) is 10.1. The maximum absolute atomic E-state index is 13.5. The minimum absolute atomic E-state index is 0.106. The first-order valence-corrected chi connectivity index (χ1v) is 12.1. The third-order valence-corrected chi connectivity index (χ3v) is 7.58. The van der Waals surface area contributed by atoms with E-state index in [1.807, 2.05) is 32.9 Å². The van der Waals surface area contributed by atoms with Gasteiger partial charge in [0.25, 0.3) is 10.0 Å². The molecule has 3 aromatic carbocycles. The number of benzene rings is 3. The molecule has 0 fully saturated rings. The fourth-order valence-electron chi connectivity index (χ4n) is 3.69. The van der Waals surface area contributed by atoms with Crippen LogP contribution in [0.25, 0.3) is 0 Å². The molecule has 1 N–H and O–H groups in total. The summed E-state index contributed by atoms with van der Waals surface area (Å²) in [5, 5.41) is 3.37. The number of sulfonamides is 1. The molecular formula is C25H27ClN2O3S. The van der Waals surface area contributed by atoms with Crippen LogP contribution in [0.5, 0.6) is 0 Å². The third kappa shape index (κ3) is 5.14. The van der Waals surface area contributed by atoms with Gasteiger partial charge in [-0.25, -0.2) is 8.42 Å². The fraction of sp³-hybridized carbons (Fsp3) is 0.240. The molecule has 3 aromatic rings. The van der Waals surface area contributed by atoms with Crippen LogP contribution in [0.1, 0.15) is 35.2 Å². The number of rotatable bonds is 7. The van der Waals surface area contributed by atoms with Crippen molar-refractivity contribution in [2.45, 2.75) is 38.6 Å². The number of anilines is 1. The van der Waals surface area contributed by atoms with Gasteiger partial charge in [-0.05, 0) is 68.7 Å². The summed E-state index contributed by atoms with van der Waals surface area (Å²) >= 11 is 6.26. The van der Waals surface area contributed by atoms with Gasteiger partial charge in [-0.15, -0.1) is 0 Å². The molecule has 0 bridgehead atoms. The summed E-state index contributed by atoms with van der Waals surface area (Å²) in [6, 6.07) is 18.8. The highest BCUT2D eigenvalue weighted by Crippen LogP contribution is 2.31. The first-order valence-electron chi connectivity index (χ1n) is 10.3. The zero-order valence-electron chi connectivity index (χ0n) is 18.6. The van der Waals surface area contributed by atoms with E-state index in [9.17, 15) is 13.2 Å². The van der Waals surface area contributed by atoms with Crippen LogP contribution in [-0.2, 0) is 14.8 Å². The van der Waals surface area contributed by atoms with E-state index < -0.39 is 15.9 Å². The Morgan fingerprint density at radius 2 is 1.69 bits per heavy atom. The normalized spacial score (nSPS) is 12.3.